The van der Waals surface area contributed by atoms with E-state index < -0.39 is 0 Å². The predicted molar refractivity (Wildman–Crippen MR) is 127 cm³/mol. The van der Waals surface area contributed by atoms with Crippen LogP contribution in [-0.2, 0) is 4.79 Å². The molecule has 1 amide bonds. The maximum Gasteiger partial charge on any atom is 0.276 e. The maximum atomic E-state index is 12.2. The molecule has 32 heavy (non-hydrogen) atoms. The van der Waals surface area contributed by atoms with Crippen molar-refractivity contribution < 1.29 is 9.53 Å². The summed E-state index contributed by atoms with van der Waals surface area (Å²) in [5.41, 5.74) is 13.0. The maximum absolute atomic E-state index is 12.2. The number of rotatable bonds is 8. The van der Waals surface area contributed by atoms with Crippen LogP contribution in [0.2, 0.25) is 0 Å². The molecule has 0 fully saturated rings. The SMILES string of the molecule is CCN(c1ncnc(NNC(=O)COc2ccccc2)c1N)c1cccc2ccccc12. The lowest BCUT2D eigenvalue weighted by Crippen LogP contribution is -2.34. The van der Waals surface area contributed by atoms with Gasteiger partial charge < -0.3 is 15.4 Å². The van der Waals surface area contributed by atoms with Crippen LogP contribution in [0.3, 0.4) is 0 Å². The summed E-state index contributed by atoms with van der Waals surface area (Å²) in [4.78, 5) is 22.8. The van der Waals surface area contributed by atoms with Crippen molar-refractivity contribution in [2.24, 2.45) is 0 Å². The second-order valence-corrected chi connectivity index (χ2v) is 6.98. The van der Waals surface area contributed by atoms with E-state index in [1.165, 1.54) is 6.33 Å². The van der Waals surface area contributed by atoms with E-state index in [2.05, 4.69) is 39.0 Å². The normalized spacial score (nSPS) is 10.5. The van der Waals surface area contributed by atoms with Crippen LogP contribution in [-0.4, -0.2) is 29.0 Å². The largest absolute Gasteiger partial charge is 0.484 e. The number of para-hydroxylation sites is 1. The Balaban J connectivity index is 1.50. The van der Waals surface area contributed by atoms with E-state index in [-0.39, 0.29) is 12.5 Å². The summed E-state index contributed by atoms with van der Waals surface area (Å²) in [6.45, 7) is 2.52. The molecule has 8 heteroatoms. The van der Waals surface area contributed by atoms with E-state index in [1.54, 1.807) is 12.1 Å². The van der Waals surface area contributed by atoms with E-state index in [0.717, 1.165) is 16.5 Å². The fraction of sp³-hybridized carbons (Fsp3) is 0.125. The number of nitrogens with zero attached hydrogens (tertiary/aromatic N) is 3. The molecule has 0 aliphatic heterocycles. The van der Waals surface area contributed by atoms with Crippen LogP contribution in [0.4, 0.5) is 23.0 Å². The summed E-state index contributed by atoms with van der Waals surface area (Å²) in [6, 6.07) is 23.4. The fourth-order valence-electron chi connectivity index (χ4n) is 3.41. The number of anilines is 4. The third-order valence-corrected chi connectivity index (χ3v) is 4.93. The number of nitrogens with one attached hydrogen (secondary N) is 2. The first-order valence-electron chi connectivity index (χ1n) is 10.3. The second kappa shape index (κ2) is 9.65. The quantitative estimate of drug-likeness (QED) is 0.366. The topological polar surface area (TPSA) is 105 Å². The van der Waals surface area contributed by atoms with Gasteiger partial charge in [0.25, 0.3) is 5.91 Å². The summed E-state index contributed by atoms with van der Waals surface area (Å²) >= 11 is 0. The van der Waals surface area contributed by atoms with Crippen LogP contribution in [0.25, 0.3) is 10.8 Å². The minimum Gasteiger partial charge on any atom is -0.484 e. The van der Waals surface area contributed by atoms with E-state index in [9.17, 15) is 4.79 Å². The second-order valence-electron chi connectivity index (χ2n) is 6.98. The van der Waals surface area contributed by atoms with E-state index in [4.69, 9.17) is 10.5 Å². The van der Waals surface area contributed by atoms with Crippen LogP contribution in [0.5, 0.6) is 5.75 Å². The Kier molecular flexibility index (Phi) is 6.31. The highest BCUT2D eigenvalue weighted by Gasteiger charge is 2.18. The van der Waals surface area contributed by atoms with Gasteiger partial charge in [0.05, 0.1) is 5.69 Å². The van der Waals surface area contributed by atoms with Gasteiger partial charge in [0.2, 0.25) is 0 Å². The van der Waals surface area contributed by atoms with Crippen molar-refractivity contribution in [3.05, 3.63) is 79.1 Å². The standard InChI is InChI=1S/C24H24N6O2/c1-2-30(20-14-8-10-17-9-6-7-13-19(17)20)24-22(25)23(26-16-27-24)29-28-21(31)15-32-18-11-4-3-5-12-18/h3-14,16H,2,15,25H2,1H3,(H,28,31)(H,26,27,29). The molecular weight excluding hydrogens is 404 g/mol. The number of hydrogen-bond acceptors (Lipinski definition) is 7. The van der Waals surface area contributed by atoms with Crippen molar-refractivity contribution in [2.45, 2.75) is 6.92 Å². The Labute approximate surface area is 186 Å². The number of amides is 1. The molecule has 3 aromatic carbocycles. The molecule has 0 spiro atoms. The Morgan fingerprint density at radius 2 is 1.75 bits per heavy atom. The Hall–Kier alpha value is -4.33. The van der Waals surface area contributed by atoms with Crippen molar-refractivity contribution in [2.75, 3.05) is 29.2 Å². The van der Waals surface area contributed by atoms with Gasteiger partial charge in [-0.2, -0.15) is 0 Å². The highest BCUT2D eigenvalue weighted by molar-refractivity contribution is 5.97. The van der Waals surface area contributed by atoms with Gasteiger partial charge in [-0.3, -0.25) is 15.6 Å². The number of aromatic nitrogens is 2. The summed E-state index contributed by atoms with van der Waals surface area (Å²) in [5.74, 6) is 1.10. The first-order valence-corrected chi connectivity index (χ1v) is 10.3. The number of fused-ring (bicyclic) bond motifs is 1. The van der Waals surface area contributed by atoms with Crippen molar-refractivity contribution in [1.82, 2.24) is 15.4 Å². The summed E-state index contributed by atoms with van der Waals surface area (Å²) < 4.78 is 5.44. The number of nitrogen functional groups attached to an aromatic ring is 1. The van der Waals surface area contributed by atoms with Gasteiger partial charge in [0.15, 0.2) is 18.2 Å². The molecule has 8 nitrogen and oxygen atoms in total. The Bertz CT molecular complexity index is 1210. The summed E-state index contributed by atoms with van der Waals surface area (Å²) in [5, 5.41) is 2.22. The van der Waals surface area contributed by atoms with Crippen LogP contribution >= 0.6 is 0 Å². The van der Waals surface area contributed by atoms with Crippen molar-refractivity contribution in [3.63, 3.8) is 0 Å². The minimum absolute atomic E-state index is 0.147. The average molecular weight is 428 g/mol. The molecule has 0 aliphatic carbocycles. The molecule has 4 aromatic rings. The van der Waals surface area contributed by atoms with E-state index in [0.29, 0.717) is 29.6 Å². The van der Waals surface area contributed by atoms with Gasteiger partial charge in [-0.1, -0.05) is 54.6 Å². The number of hydrogen-bond donors (Lipinski definition) is 3. The molecule has 0 radical (unpaired) electrons. The molecule has 1 aromatic heterocycles. The molecule has 4 N–H and O–H groups in total. The third kappa shape index (κ3) is 4.54. The van der Waals surface area contributed by atoms with Gasteiger partial charge in [-0.05, 0) is 30.5 Å². The predicted octanol–water partition coefficient (Wildman–Crippen LogP) is 3.89. The average Bonchev–Trinajstić information content (AvgIpc) is 2.84. The number of carbonyl (C=O) groups is 1. The van der Waals surface area contributed by atoms with Gasteiger partial charge in [-0.25, -0.2) is 9.97 Å². The van der Waals surface area contributed by atoms with Gasteiger partial charge in [0, 0.05) is 11.9 Å². The van der Waals surface area contributed by atoms with E-state index >= 15 is 0 Å². The van der Waals surface area contributed by atoms with Gasteiger partial charge in [-0.15, -0.1) is 0 Å². The van der Waals surface area contributed by atoms with Crippen LogP contribution in [0.1, 0.15) is 6.92 Å². The zero-order valence-electron chi connectivity index (χ0n) is 17.7. The number of ether oxygens (including phenoxy) is 1. The molecule has 0 saturated heterocycles. The number of nitrogens with two attached hydrogens (primary N) is 1. The van der Waals surface area contributed by atoms with Crippen LogP contribution in [0, 0.1) is 0 Å². The molecular formula is C24H24N6O2. The van der Waals surface area contributed by atoms with Gasteiger partial charge >= 0.3 is 0 Å². The first-order chi connectivity index (χ1) is 15.7. The first kappa shape index (κ1) is 20.9. The number of benzene rings is 3. The van der Waals surface area contributed by atoms with Gasteiger partial charge in [0.1, 0.15) is 17.8 Å². The Morgan fingerprint density at radius 3 is 2.56 bits per heavy atom. The lowest BCUT2D eigenvalue weighted by atomic mass is 10.1. The zero-order valence-corrected chi connectivity index (χ0v) is 17.7. The van der Waals surface area contributed by atoms with Crippen molar-refractivity contribution in [3.8, 4) is 5.75 Å². The smallest absolute Gasteiger partial charge is 0.276 e. The van der Waals surface area contributed by atoms with Crippen LogP contribution in [0.15, 0.2) is 79.1 Å². The molecule has 0 unspecified atom stereocenters. The number of carbonyl (C=O) groups excluding carboxylic acids is 1. The number of hydrazine groups is 1. The van der Waals surface area contributed by atoms with Crippen LogP contribution < -0.4 is 26.2 Å². The molecule has 0 bridgehead atoms. The summed E-state index contributed by atoms with van der Waals surface area (Å²) in [6.07, 6.45) is 1.41. The molecule has 162 valence electrons. The van der Waals surface area contributed by atoms with Crippen molar-refractivity contribution in [1.29, 1.82) is 0 Å². The zero-order chi connectivity index (χ0) is 22.3. The Morgan fingerprint density at radius 1 is 1.00 bits per heavy atom. The lowest BCUT2D eigenvalue weighted by Gasteiger charge is -2.25. The van der Waals surface area contributed by atoms with Crippen molar-refractivity contribution >= 4 is 39.7 Å². The monoisotopic (exact) mass is 428 g/mol. The summed E-state index contributed by atoms with van der Waals surface area (Å²) in [7, 11) is 0. The molecule has 1 heterocycles. The molecule has 0 aliphatic rings. The molecule has 4 rings (SSSR count). The lowest BCUT2D eigenvalue weighted by molar-refractivity contribution is -0.122. The molecule has 0 atom stereocenters. The van der Waals surface area contributed by atoms with E-state index in [1.807, 2.05) is 54.3 Å². The third-order valence-electron chi connectivity index (χ3n) is 4.93. The highest BCUT2D eigenvalue weighted by atomic mass is 16.5. The minimum atomic E-state index is -0.366. The molecule has 0 saturated carbocycles. The highest BCUT2D eigenvalue weighted by Crippen LogP contribution is 2.35. The fourth-order valence-corrected chi connectivity index (χ4v) is 3.41.